The third kappa shape index (κ3) is 5.15. The van der Waals surface area contributed by atoms with Crippen molar-refractivity contribution in [2.75, 3.05) is 36.6 Å². The summed E-state index contributed by atoms with van der Waals surface area (Å²) < 4.78 is 32.4. The summed E-state index contributed by atoms with van der Waals surface area (Å²) in [5.41, 5.74) is 2.92. The van der Waals surface area contributed by atoms with Crippen molar-refractivity contribution < 1.29 is 18.6 Å². The summed E-state index contributed by atoms with van der Waals surface area (Å²) in [6, 6.07) is 7.68. The average molecular weight is 616 g/mol. The second kappa shape index (κ2) is 10.5. The number of hydrogen-bond donors (Lipinski definition) is 3. The predicted molar refractivity (Wildman–Crippen MR) is 160 cm³/mol. The van der Waals surface area contributed by atoms with Crippen LogP contribution in [-0.4, -0.2) is 61.0 Å². The van der Waals surface area contributed by atoms with Gasteiger partial charge in [-0.2, -0.15) is 21.0 Å². The van der Waals surface area contributed by atoms with Gasteiger partial charge in [0.2, 0.25) is 0 Å². The van der Waals surface area contributed by atoms with Gasteiger partial charge in [0.1, 0.15) is 23.7 Å². The molecule has 1 unspecified atom stereocenters. The van der Waals surface area contributed by atoms with Crippen molar-refractivity contribution in [2.24, 2.45) is 5.41 Å². The lowest BCUT2D eigenvalue weighted by molar-refractivity contribution is 0.207. The van der Waals surface area contributed by atoms with Gasteiger partial charge in [0, 0.05) is 71.2 Å². The van der Waals surface area contributed by atoms with Gasteiger partial charge in [-0.15, -0.1) is 0 Å². The summed E-state index contributed by atoms with van der Waals surface area (Å²) in [6.07, 6.45) is 5.99. The van der Waals surface area contributed by atoms with Crippen LogP contribution in [0.4, 0.5) is 5.82 Å². The van der Waals surface area contributed by atoms with Gasteiger partial charge in [0.25, 0.3) is 0 Å². The molecule has 10 nitrogen and oxygen atoms in total. The van der Waals surface area contributed by atoms with Gasteiger partial charge in [-0.3, -0.25) is 19.2 Å². The minimum atomic E-state index is -2.53. The van der Waals surface area contributed by atoms with E-state index >= 15 is 0 Å². The Balaban J connectivity index is 1.30. The zero-order valence-electron chi connectivity index (χ0n) is 22.4. The van der Waals surface area contributed by atoms with E-state index in [1.807, 2.05) is 17.9 Å². The van der Waals surface area contributed by atoms with Crippen LogP contribution in [0.1, 0.15) is 37.0 Å². The number of fused-ring (bicyclic) bond motifs is 1. The third-order valence-corrected chi connectivity index (χ3v) is 10.4. The molecule has 3 aromatic heterocycles. The largest absolute Gasteiger partial charge is 0.493 e. The Kier molecular flexibility index (Phi) is 7.16. The molecule has 0 bridgehead atoms. The first-order valence-electron chi connectivity index (χ1n) is 13.0. The molecule has 2 aliphatic heterocycles. The van der Waals surface area contributed by atoms with Crippen molar-refractivity contribution >= 4 is 50.5 Å². The molecular weight excluding hydrogens is 587 g/mol. The van der Waals surface area contributed by atoms with Crippen LogP contribution < -0.4 is 14.4 Å². The average Bonchev–Trinajstić information content (AvgIpc) is 3.33. The fourth-order valence-electron chi connectivity index (χ4n) is 5.95. The Morgan fingerprint density at radius 1 is 1.15 bits per heavy atom. The minimum absolute atomic E-state index is 0.125. The molecule has 2 aliphatic rings. The number of pyridine rings is 2. The monoisotopic (exact) mass is 614 g/mol. The van der Waals surface area contributed by atoms with E-state index in [2.05, 4.69) is 26.2 Å². The van der Waals surface area contributed by atoms with Crippen LogP contribution in [0.2, 0.25) is 10.0 Å². The molecule has 6 rings (SSSR count). The third-order valence-electron chi connectivity index (χ3n) is 7.78. The second-order valence-corrected chi connectivity index (χ2v) is 13.8. The quantitative estimate of drug-likeness (QED) is 0.216. The molecule has 3 N–H and O–H groups in total. The summed E-state index contributed by atoms with van der Waals surface area (Å²) >= 11 is 12.7. The highest BCUT2D eigenvalue weighted by atomic mass is 35.5. The van der Waals surface area contributed by atoms with E-state index in [1.165, 1.54) is 12.4 Å². The second-order valence-electron chi connectivity index (χ2n) is 10.7. The van der Waals surface area contributed by atoms with Gasteiger partial charge in [0.15, 0.2) is 11.5 Å². The summed E-state index contributed by atoms with van der Waals surface area (Å²) in [6.45, 7) is 3.14. The van der Waals surface area contributed by atoms with Gasteiger partial charge in [-0.25, -0.2) is 4.98 Å². The SMILES string of the molecule is COc1cc2[nH]nc(-c3cnc(N4CC5(CCCS(O)(O)C5)C4)c(C#N)c3)c2cc1OC(C)c1c(Cl)cncc1Cl. The summed E-state index contributed by atoms with van der Waals surface area (Å²) in [5.74, 6) is 2.45. The van der Waals surface area contributed by atoms with Gasteiger partial charge in [0.05, 0.1) is 28.2 Å². The number of halogens is 2. The van der Waals surface area contributed by atoms with Crippen molar-refractivity contribution in [2.45, 2.75) is 25.9 Å². The Morgan fingerprint density at radius 2 is 1.90 bits per heavy atom. The van der Waals surface area contributed by atoms with Crippen LogP contribution >= 0.6 is 33.8 Å². The number of anilines is 1. The number of nitrogens with one attached hydrogen (secondary N) is 1. The van der Waals surface area contributed by atoms with Crippen LogP contribution in [0, 0.1) is 16.7 Å². The first kappa shape index (κ1) is 27.9. The molecule has 2 fully saturated rings. The van der Waals surface area contributed by atoms with Gasteiger partial charge >= 0.3 is 0 Å². The number of H-pyrrole nitrogens is 1. The molecule has 13 heteroatoms. The lowest BCUT2D eigenvalue weighted by atomic mass is 9.77. The van der Waals surface area contributed by atoms with E-state index < -0.39 is 16.7 Å². The highest BCUT2D eigenvalue weighted by Gasteiger charge is 2.48. The number of nitrogens with zero attached hydrogens (tertiary/aromatic N) is 5. The number of rotatable bonds is 6. The maximum Gasteiger partial charge on any atom is 0.162 e. The molecule has 214 valence electrons. The molecular formula is C28H28Cl2N6O4S. The highest BCUT2D eigenvalue weighted by molar-refractivity contribution is 8.24. The number of aromatic nitrogens is 4. The van der Waals surface area contributed by atoms with Crippen LogP contribution in [0.15, 0.2) is 36.8 Å². The van der Waals surface area contributed by atoms with E-state index in [9.17, 15) is 14.4 Å². The fraction of sp³-hybridized carbons (Fsp3) is 0.357. The summed E-state index contributed by atoms with van der Waals surface area (Å²) in [7, 11) is -0.970. The number of methoxy groups -OCH3 is 1. The maximum absolute atomic E-state index is 10.3. The predicted octanol–water partition coefficient (Wildman–Crippen LogP) is 6.70. The molecule has 0 radical (unpaired) electrons. The minimum Gasteiger partial charge on any atom is -0.493 e. The van der Waals surface area contributed by atoms with Gasteiger partial charge in [-0.05, 0) is 31.9 Å². The molecule has 0 aliphatic carbocycles. The van der Waals surface area contributed by atoms with E-state index in [-0.39, 0.29) is 5.41 Å². The smallest absolute Gasteiger partial charge is 0.162 e. The lowest BCUT2D eigenvalue weighted by Crippen LogP contribution is -2.60. The number of nitriles is 1. The van der Waals surface area contributed by atoms with E-state index in [0.29, 0.717) is 74.3 Å². The molecule has 4 aromatic rings. The molecule has 41 heavy (non-hydrogen) atoms. The Morgan fingerprint density at radius 3 is 2.59 bits per heavy atom. The Bertz CT molecular complexity index is 1660. The van der Waals surface area contributed by atoms with Crippen molar-refractivity contribution in [3.8, 4) is 28.8 Å². The number of hydrogen-bond acceptors (Lipinski definition) is 9. The maximum atomic E-state index is 10.3. The first-order valence-corrected chi connectivity index (χ1v) is 15.7. The van der Waals surface area contributed by atoms with Gasteiger partial charge < -0.3 is 14.4 Å². The molecule has 1 atom stereocenters. The molecule has 1 aromatic carbocycles. The Hall–Kier alpha value is -3.27. The normalized spacial score (nSPS) is 18.9. The van der Waals surface area contributed by atoms with E-state index in [4.69, 9.17) is 32.7 Å². The fourth-order valence-corrected chi connectivity index (χ4v) is 8.68. The summed E-state index contributed by atoms with van der Waals surface area (Å²) in [5, 5.41) is 19.1. The molecule has 0 amide bonds. The lowest BCUT2D eigenvalue weighted by Gasteiger charge is -2.57. The Labute approximate surface area is 248 Å². The zero-order chi connectivity index (χ0) is 28.9. The number of ether oxygens (including phenoxy) is 2. The van der Waals surface area contributed by atoms with Crippen LogP contribution in [0.25, 0.3) is 22.2 Å². The topological polar surface area (TPSA) is 140 Å². The number of benzene rings is 1. The van der Waals surface area contributed by atoms with E-state index in [0.717, 1.165) is 23.7 Å². The van der Waals surface area contributed by atoms with Crippen LogP contribution in [0.5, 0.6) is 11.5 Å². The molecule has 0 saturated carbocycles. The van der Waals surface area contributed by atoms with Crippen molar-refractivity contribution in [3.05, 3.63) is 58.0 Å². The van der Waals surface area contributed by atoms with Gasteiger partial charge in [-0.1, -0.05) is 23.2 Å². The van der Waals surface area contributed by atoms with E-state index in [1.54, 1.807) is 25.4 Å². The highest BCUT2D eigenvalue weighted by Crippen LogP contribution is 2.55. The molecule has 2 saturated heterocycles. The van der Waals surface area contributed by atoms with Crippen LogP contribution in [-0.2, 0) is 0 Å². The standard InChI is InChI=1S/C28H28Cl2N6O4S/c1-16(25-20(29)11-32-12-21(25)30)40-24-7-19-22(8-23(24)39-2)34-35-26(19)18-6-17(9-31)27(33-10-18)36-13-28(14-36)4-3-5-41(37,38)15-28/h6-8,10-12,16,37-38H,3-5,13-15H2,1-2H3,(H,34,35). The number of aromatic amines is 1. The zero-order valence-corrected chi connectivity index (χ0v) is 24.7. The van der Waals surface area contributed by atoms with Crippen molar-refractivity contribution in [1.29, 1.82) is 5.26 Å². The van der Waals surface area contributed by atoms with Crippen molar-refractivity contribution in [1.82, 2.24) is 20.2 Å². The van der Waals surface area contributed by atoms with Crippen molar-refractivity contribution in [3.63, 3.8) is 0 Å². The van der Waals surface area contributed by atoms with Crippen LogP contribution in [0.3, 0.4) is 0 Å². The molecule has 1 spiro atoms. The molecule has 5 heterocycles. The first-order chi connectivity index (χ1) is 19.6. The summed E-state index contributed by atoms with van der Waals surface area (Å²) in [4.78, 5) is 10.7.